The molecule has 3 aromatic carbocycles. The molecule has 0 fully saturated rings. The van der Waals surface area contributed by atoms with Crippen molar-refractivity contribution in [1.82, 2.24) is 9.97 Å². The van der Waals surface area contributed by atoms with Gasteiger partial charge in [-0.2, -0.15) is 13.2 Å². The van der Waals surface area contributed by atoms with E-state index in [1.54, 1.807) is 29.6 Å². The Morgan fingerprint density at radius 3 is 2.29 bits per heavy atom. The van der Waals surface area contributed by atoms with Crippen LogP contribution in [0.25, 0.3) is 32.5 Å². The Bertz CT molecular complexity index is 1710. The summed E-state index contributed by atoms with van der Waals surface area (Å²) in [6, 6.07) is 14.9. The highest BCUT2D eigenvalue weighted by Crippen LogP contribution is 2.44. The topological polar surface area (TPSA) is 98.3 Å². The van der Waals surface area contributed by atoms with Crippen LogP contribution in [0.2, 0.25) is 5.02 Å². The number of ether oxygens (including phenoxy) is 1. The molecule has 5 rings (SSSR count). The highest BCUT2D eigenvalue weighted by atomic mass is 35.5. The molecule has 6 nitrogen and oxygen atoms in total. The molecule has 0 aliphatic carbocycles. The molecule has 2 heterocycles. The SMILES string of the molecule is Cl.N[C@@H](Cc1ccc(-c2csc3c(OC(c4ccc(Cl)cc4-c4ccc(F)cc4)C(F)(F)F)ncnc23)cc1)C(=O)O. The highest BCUT2D eigenvalue weighted by Gasteiger charge is 2.45. The molecule has 3 N–H and O–H groups in total. The van der Waals surface area contributed by atoms with Gasteiger partial charge in [0.25, 0.3) is 0 Å². The summed E-state index contributed by atoms with van der Waals surface area (Å²) in [7, 11) is 0. The Balaban J connectivity index is 0.00000405. The normalized spacial score (nSPS) is 12.9. The maximum absolute atomic E-state index is 14.5. The zero-order valence-electron chi connectivity index (χ0n) is 21.3. The van der Waals surface area contributed by atoms with Gasteiger partial charge in [-0.3, -0.25) is 4.79 Å². The number of nitrogens with zero attached hydrogens (tertiary/aromatic N) is 2. The third-order valence-electron chi connectivity index (χ3n) is 6.34. The minimum Gasteiger partial charge on any atom is -0.480 e. The largest absolute Gasteiger partial charge is 0.480 e. The number of rotatable bonds is 8. The first-order valence-electron chi connectivity index (χ1n) is 12.1. The molecule has 0 radical (unpaired) electrons. The standard InChI is InChI=1S/C29H20ClF4N3O3S.ClH/c30-18-7-10-20(21(12-18)16-5-8-19(31)9-6-16)26(29(32,33)34)40-27-25-24(36-14-37-27)22(13-41-25)17-3-1-15(2-4-17)11-23(35)28(38)39;/h1-10,12-14,23,26H,11,35H2,(H,38,39);1H/t23-,26?;/m0./s1. The van der Waals surface area contributed by atoms with Gasteiger partial charge in [-0.1, -0.05) is 54.1 Å². The molecule has 13 heteroatoms. The number of hydrogen-bond acceptors (Lipinski definition) is 6. The molecular formula is C29H21Cl2F4N3O3S. The van der Waals surface area contributed by atoms with E-state index in [-0.39, 0.29) is 40.9 Å². The number of carboxylic acid groups (broad SMARTS) is 1. The Hall–Kier alpha value is -3.77. The van der Waals surface area contributed by atoms with Crippen molar-refractivity contribution in [2.24, 2.45) is 5.73 Å². The van der Waals surface area contributed by atoms with Crippen LogP contribution in [-0.4, -0.2) is 33.3 Å². The fourth-order valence-corrected chi connectivity index (χ4v) is 5.47. The molecule has 42 heavy (non-hydrogen) atoms. The van der Waals surface area contributed by atoms with E-state index in [0.29, 0.717) is 21.3 Å². The fourth-order valence-electron chi connectivity index (χ4n) is 4.33. The van der Waals surface area contributed by atoms with Gasteiger partial charge < -0.3 is 15.6 Å². The van der Waals surface area contributed by atoms with Gasteiger partial charge in [0.15, 0.2) is 0 Å². The van der Waals surface area contributed by atoms with Crippen molar-refractivity contribution in [3.05, 3.63) is 100 Å². The van der Waals surface area contributed by atoms with Crippen molar-refractivity contribution >= 4 is 51.5 Å². The van der Waals surface area contributed by atoms with Crippen LogP contribution in [-0.2, 0) is 11.2 Å². The van der Waals surface area contributed by atoms with E-state index in [0.717, 1.165) is 40.9 Å². The van der Waals surface area contributed by atoms with Crippen LogP contribution < -0.4 is 10.5 Å². The second kappa shape index (κ2) is 12.6. The number of fused-ring (bicyclic) bond motifs is 1. The van der Waals surface area contributed by atoms with Gasteiger partial charge in [0, 0.05) is 21.5 Å². The number of thiophene rings is 1. The molecule has 0 aliphatic rings. The predicted molar refractivity (Wildman–Crippen MR) is 156 cm³/mol. The van der Waals surface area contributed by atoms with Gasteiger partial charge in [-0.05, 0) is 52.9 Å². The fraction of sp³-hybridized carbons (Fsp3) is 0.138. The summed E-state index contributed by atoms with van der Waals surface area (Å²) in [4.78, 5) is 19.3. The average Bonchev–Trinajstić information content (AvgIpc) is 3.37. The molecule has 5 aromatic rings. The number of nitrogens with two attached hydrogens (primary N) is 1. The van der Waals surface area contributed by atoms with Gasteiger partial charge in [-0.15, -0.1) is 23.7 Å². The first kappa shape index (κ1) is 31.2. The Morgan fingerprint density at radius 1 is 1.00 bits per heavy atom. The highest BCUT2D eigenvalue weighted by molar-refractivity contribution is 7.18. The Labute approximate surface area is 252 Å². The van der Waals surface area contributed by atoms with Crippen molar-refractivity contribution in [3.63, 3.8) is 0 Å². The van der Waals surface area contributed by atoms with Crippen molar-refractivity contribution in [2.45, 2.75) is 24.7 Å². The van der Waals surface area contributed by atoms with Gasteiger partial charge in [-0.25, -0.2) is 14.4 Å². The number of carboxylic acids is 1. The first-order valence-corrected chi connectivity index (χ1v) is 13.4. The molecule has 0 aliphatic heterocycles. The van der Waals surface area contributed by atoms with Crippen LogP contribution in [0.4, 0.5) is 17.6 Å². The van der Waals surface area contributed by atoms with Crippen molar-refractivity contribution in [1.29, 1.82) is 0 Å². The Kier molecular flexibility index (Phi) is 9.37. The summed E-state index contributed by atoms with van der Waals surface area (Å²) in [5, 5.41) is 11.0. The second-order valence-electron chi connectivity index (χ2n) is 9.13. The van der Waals surface area contributed by atoms with Crippen LogP contribution in [0.1, 0.15) is 17.2 Å². The smallest absolute Gasteiger partial charge is 0.429 e. The summed E-state index contributed by atoms with van der Waals surface area (Å²) >= 11 is 7.25. The first-order chi connectivity index (χ1) is 19.5. The van der Waals surface area contributed by atoms with Crippen LogP contribution in [0.3, 0.4) is 0 Å². The minimum atomic E-state index is -4.84. The minimum absolute atomic E-state index is 0. The molecule has 2 atom stereocenters. The van der Waals surface area contributed by atoms with Crippen molar-refractivity contribution in [3.8, 4) is 28.1 Å². The molecule has 0 amide bonds. The van der Waals surface area contributed by atoms with E-state index in [4.69, 9.17) is 27.2 Å². The molecule has 0 saturated heterocycles. The summed E-state index contributed by atoms with van der Waals surface area (Å²) in [6.07, 6.45) is -5.98. The monoisotopic (exact) mass is 637 g/mol. The lowest BCUT2D eigenvalue weighted by Crippen LogP contribution is -2.32. The number of carbonyl (C=O) groups is 1. The number of halogens is 6. The van der Waals surface area contributed by atoms with E-state index < -0.39 is 30.1 Å². The third-order valence-corrected chi connectivity index (χ3v) is 7.53. The van der Waals surface area contributed by atoms with Gasteiger partial charge in [0.1, 0.15) is 22.9 Å². The number of aliphatic carboxylic acids is 1. The second-order valence-corrected chi connectivity index (χ2v) is 10.4. The van der Waals surface area contributed by atoms with E-state index in [1.807, 2.05) is 0 Å². The maximum atomic E-state index is 14.5. The maximum Gasteiger partial charge on any atom is 0.429 e. The van der Waals surface area contributed by atoms with E-state index >= 15 is 0 Å². The van der Waals surface area contributed by atoms with Gasteiger partial charge >= 0.3 is 12.1 Å². The zero-order valence-corrected chi connectivity index (χ0v) is 23.7. The van der Waals surface area contributed by atoms with Gasteiger partial charge in [0.05, 0.1) is 5.52 Å². The van der Waals surface area contributed by atoms with Crippen molar-refractivity contribution < 1.29 is 32.2 Å². The number of aromatic nitrogens is 2. The van der Waals surface area contributed by atoms with Crippen LogP contribution >= 0.6 is 35.3 Å². The van der Waals surface area contributed by atoms with Gasteiger partial charge in [0.2, 0.25) is 12.0 Å². The molecule has 0 saturated carbocycles. The summed E-state index contributed by atoms with van der Waals surface area (Å²) in [6.45, 7) is 0. The third kappa shape index (κ3) is 6.65. The number of benzene rings is 3. The lowest BCUT2D eigenvalue weighted by atomic mass is 9.95. The predicted octanol–water partition coefficient (Wildman–Crippen LogP) is 7.88. The van der Waals surface area contributed by atoms with Crippen LogP contribution in [0.5, 0.6) is 5.88 Å². The van der Waals surface area contributed by atoms with Crippen LogP contribution in [0.15, 0.2) is 78.4 Å². The quantitative estimate of drug-likeness (QED) is 0.168. The summed E-state index contributed by atoms with van der Waals surface area (Å²) in [5.41, 5.74) is 8.34. The zero-order chi connectivity index (χ0) is 29.3. The number of alkyl halides is 3. The average molecular weight is 638 g/mol. The summed E-state index contributed by atoms with van der Waals surface area (Å²) < 4.78 is 62.9. The molecule has 1 unspecified atom stereocenters. The number of hydrogen-bond donors (Lipinski definition) is 2. The Morgan fingerprint density at radius 2 is 1.64 bits per heavy atom. The lowest BCUT2D eigenvalue weighted by molar-refractivity contribution is -0.198. The summed E-state index contributed by atoms with van der Waals surface area (Å²) in [5.74, 6) is -1.89. The van der Waals surface area contributed by atoms with Crippen molar-refractivity contribution in [2.75, 3.05) is 0 Å². The molecule has 0 spiro atoms. The van der Waals surface area contributed by atoms with E-state index in [2.05, 4.69) is 9.97 Å². The lowest BCUT2D eigenvalue weighted by Gasteiger charge is -2.24. The molecular weight excluding hydrogens is 617 g/mol. The molecule has 218 valence electrons. The van der Waals surface area contributed by atoms with Crippen LogP contribution in [0, 0.1) is 5.82 Å². The van der Waals surface area contributed by atoms with E-state index in [9.17, 15) is 22.4 Å². The molecule has 0 bridgehead atoms. The molecule has 2 aromatic heterocycles. The van der Waals surface area contributed by atoms with E-state index in [1.165, 1.54) is 30.3 Å².